The summed E-state index contributed by atoms with van der Waals surface area (Å²) in [6.07, 6.45) is 2.79. The van der Waals surface area contributed by atoms with Gasteiger partial charge in [-0.05, 0) is 24.6 Å². The Hall–Kier alpha value is -2.33. The van der Waals surface area contributed by atoms with Crippen molar-refractivity contribution in [3.8, 4) is 6.07 Å². The zero-order chi connectivity index (χ0) is 13.2. The van der Waals surface area contributed by atoms with Crippen LogP contribution >= 0.6 is 0 Å². The lowest BCUT2D eigenvalue weighted by Crippen LogP contribution is -2.14. The molecular weight excluding hydrogens is 252 g/mol. The second-order valence-electron chi connectivity index (χ2n) is 3.68. The average molecular weight is 262 g/mol. The second-order valence-corrected chi connectivity index (χ2v) is 5.34. The van der Waals surface area contributed by atoms with Gasteiger partial charge in [0.05, 0.1) is 28.4 Å². The van der Waals surface area contributed by atoms with Crippen LogP contribution in [0.25, 0.3) is 0 Å². The summed E-state index contributed by atoms with van der Waals surface area (Å²) in [7, 11) is -3.71. The average Bonchev–Trinajstić information content (AvgIpc) is 2.81. The molecule has 0 aliphatic heterocycles. The largest absolute Gasteiger partial charge is 0.284 e. The SMILES string of the molecule is Cc1ccc(C#N)cc1S(=O)(=O)Nc1cn[nH]c1. The van der Waals surface area contributed by atoms with Gasteiger partial charge in [0.25, 0.3) is 10.0 Å². The van der Waals surface area contributed by atoms with E-state index in [1.807, 2.05) is 6.07 Å². The first-order valence-electron chi connectivity index (χ1n) is 5.05. The number of hydrogen-bond donors (Lipinski definition) is 2. The van der Waals surface area contributed by atoms with Gasteiger partial charge in [0.1, 0.15) is 0 Å². The first-order valence-corrected chi connectivity index (χ1v) is 6.53. The molecule has 1 aromatic carbocycles. The predicted octanol–water partition coefficient (Wildman–Crippen LogP) is 1.39. The Balaban J connectivity index is 2.44. The van der Waals surface area contributed by atoms with Crippen molar-refractivity contribution < 1.29 is 8.42 Å². The van der Waals surface area contributed by atoms with Gasteiger partial charge in [-0.3, -0.25) is 9.82 Å². The molecule has 0 saturated heterocycles. The van der Waals surface area contributed by atoms with Crippen molar-refractivity contribution in [1.29, 1.82) is 5.26 Å². The maximum absolute atomic E-state index is 12.1. The van der Waals surface area contributed by atoms with Crippen molar-refractivity contribution >= 4 is 15.7 Å². The van der Waals surface area contributed by atoms with Crippen LogP contribution in [0.2, 0.25) is 0 Å². The van der Waals surface area contributed by atoms with Gasteiger partial charge in [-0.2, -0.15) is 10.4 Å². The van der Waals surface area contributed by atoms with E-state index >= 15 is 0 Å². The molecule has 0 atom stereocenters. The van der Waals surface area contributed by atoms with Gasteiger partial charge in [-0.15, -0.1) is 0 Å². The van der Waals surface area contributed by atoms with Crippen LogP contribution in [0.4, 0.5) is 5.69 Å². The number of sulfonamides is 1. The monoisotopic (exact) mass is 262 g/mol. The number of aryl methyl sites for hydroxylation is 1. The summed E-state index contributed by atoms with van der Waals surface area (Å²) in [6.45, 7) is 1.67. The zero-order valence-corrected chi connectivity index (χ0v) is 10.3. The summed E-state index contributed by atoms with van der Waals surface area (Å²) >= 11 is 0. The molecule has 2 aromatic rings. The van der Waals surface area contributed by atoms with Crippen LogP contribution in [0.5, 0.6) is 0 Å². The van der Waals surface area contributed by atoms with Crippen LogP contribution in [0.3, 0.4) is 0 Å². The van der Waals surface area contributed by atoms with Crippen molar-refractivity contribution in [2.24, 2.45) is 0 Å². The molecule has 6 nitrogen and oxygen atoms in total. The highest BCUT2D eigenvalue weighted by atomic mass is 32.2. The third-order valence-corrected chi connectivity index (χ3v) is 3.88. The molecular formula is C11H10N4O2S. The van der Waals surface area contributed by atoms with Gasteiger partial charge in [0, 0.05) is 6.20 Å². The van der Waals surface area contributed by atoms with Crippen LogP contribution in [0, 0.1) is 18.3 Å². The number of anilines is 1. The van der Waals surface area contributed by atoms with E-state index in [0.29, 0.717) is 16.8 Å². The third-order valence-electron chi connectivity index (χ3n) is 2.36. The van der Waals surface area contributed by atoms with Crippen LogP contribution in [0.15, 0.2) is 35.5 Å². The normalized spacial score (nSPS) is 10.9. The summed E-state index contributed by atoms with van der Waals surface area (Å²) in [5, 5.41) is 15.0. The van der Waals surface area contributed by atoms with Gasteiger partial charge < -0.3 is 0 Å². The van der Waals surface area contributed by atoms with E-state index in [4.69, 9.17) is 5.26 Å². The van der Waals surface area contributed by atoms with Crippen molar-refractivity contribution in [2.75, 3.05) is 4.72 Å². The summed E-state index contributed by atoms with van der Waals surface area (Å²) in [6, 6.07) is 6.44. The fourth-order valence-electron chi connectivity index (χ4n) is 1.48. The van der Waals surface area contributed by atoms with Crippen molar-refractivity contribution in [3.63, 3.8) is 0 Å². The van der Waals surface area contributed by atoms with Crippen LogP contribution in [-0.4, -0.2) is 18.6 Å². The van der Waals surface area contributed by atoms with Gasteiger partial charge in [0.15, 0.2) is 0 Å². The highest BCUT2D eigenvalue weighted by molar-refractivity contribution is 7.92. The molecule has 18 heavy (non-hydrogen) atoms. The predicted molar refractivity (Wildman–Crippen MR) is 65.3 cm³/mol. The molecule has 0 fully saturated rings. The fourth-order valence-corrected chi connectivity index (χ4v) is 2.78. The highest BCUT2D eigenvalue weighted by Crippen LogP contribution is 2.19. The fraction of sp³-hybridized carbons (Fsp3) is 0.0909. The van der Waals surface area contributed by atoms with Crippen LogP contribution < -0.4 is 4.72 Å². The number of aromatic nitrogens is 2. The van der Waals surface area contributed by atoms with E-state index < -0.39 is 10.0 Å². The standard InChI is InChI=1S/C11H10N4O2S/c1-8-2-3-9(5-12)4-11(8)18(16,17)15-10-6-13-14-7-10/h2-4,6-7,15H,1H3,(H,13,14). The van der Waals surface area contributed by atoms with E-state index in [2.05, 4.69) is 14.9 Å². The van der Waals surface area contributed by atoms with E-state index in [-0.39, 0.29) is 4.90 Å². The summed E-state index contributed by atoms with van der Waals surface area (Å²) < 4.78 is 26.6. The van der Waals surface area contributed by atoms with Gasteiger partial charge in [-0.25, -0.2) is 8.42 Å². The number of hydrogen-bond acceptors (Lipinski definition) is 4. The Kier molecular flexibility index (Phi) is 3.04. The number of nitrogens with zero attached hydrogens (tertiary/aromatic N) is 2. The molecule has 0 saturated carbocycles. The van der Waals surface area contributed by atoms with E-state index in [1.54, 1.807) is 19.1 Å². The lowest BCUT2D eigenvalue weighted by atomic mass is 10.2. The highest BCUT2D eigenvalue weighted by Gasteiger charge is 2.17. The van der Waals surface area contributed by atoms with Crippen molar-refractivity contribution in [3.05, 3.63) is 41.7 Å². The maximum atomic E-state index is 12.1. The van der Waals surface area contributed by atoms with Crippen LogP contribution in [-0.2, 0) is 10.0 Å². The Morgan fingerprint density at radius 1 is 1.44 bits per heavy atom. The summed E-state index contributed by atoms with van der Waals surface area (Å²) in [4.78, 5) is 0.0859. The number of nitriles is 1. The number of H-pyrrole nitrogens is 1. The molecule has 0 spiro atoms. The number of aromatic amines is 1. The Morgan fingerprint density at radius 2 is 2.22 bits per heavy atom. The quantitative estimate of drug-likeness (QED) is 0.873. The van der Waals surface area contributed by atoms with Crippen LogP contribution in [0.1, 0.15) is 11.1 Å². The molecule has 1 aromatic heterocycles. The molecule has 2 rings (SSSR count). The summed E-state index contributed by atoms with van der Waals surface area (Å²) in [5.74, 6) is 0. The first kappa shape index (κ1) is 12.1. The maximum Gasteiger partial charge on any atom is 0.262 e. The molecule has 0 radical (unpaired) electrons. The lowest BCUT2D eigenvalue weighted by Gasteiger charge is -2.08. The molecule has 0 aliphatic rings. The molecule has 1 heterocycles. The third kappa shape index (κ3) is 2.33. The second kappa shape index (κ2) is 4.50. The van der Waals surface area contributed by atoms with Gasteiger partial charge in [0.2, 0.25) is 0 Å². The molecule has 92 valence electrons. The Morgan fingerprint density at radius 3 is 2.83 bits per heavy atom. The lowest BCUT2D eigenvalue weighted by molar-refractivity contribution is 0.600. The van der Waals surface area contributed by atoms with E-state index in [1.165, 1.54) is 18.5 Å². The van der Waals surface area contributed by atoms with Gasteiger partial charge >= 0.3 is 0 Å². The number of nitrogens with one attached hydrogen (secondary N) is 2. The molecule has 0 aliphatic carbocycles. The van der Waals surface area contributed by atoms with Crippen molar-refractivity contribution in [2.45, 2.75) is 11.8 Å². The number of benzene rings is 1. The van der Waals surface area contributed by atoms with E-state index in [9.17, 15) is 8.42 Å². The van der Waals surface area contributed by atoms with Gasteiger partial charge in [-0.1, -0.05) is 6.07 Å². The Labute approximate surface area is 104 Å². The molecule has 0 bridgehead atoms. The summed E-state index contributed by atoms with van der Waals surface area (Å²) in [5.41, 5.74) is 1.22. The molecule has 2 N–H and O–H groups in total. The number of rotatable bonds is 3. The minimum Gasteiger partial charge on any atom is -0.284 e. The molecule has 7 heteroatoms. The molecule has 0 unspecified atom stereocenters. The first-order chi connectivity index (χ1) is 8.53. The smallest absolute Gasteiger partial charge is 0.262 e. The van der Waals surface area contributed by atoms with Crippen molar-refractivity contribution in [1.82, 2.24) is 10.2 Å². The minimum atomic E-state index is -3.71. The zero-order valence-electron chi connectivity index (χ0n) is 9.51. The molecule has 0 amide bonds. The topological polar surface area (TPSA) is 98.6 Å². The minimum absolute atomic E-state index is 0.0859. The van der Waals surface area contributed by atoms with E-state index in [0.717, 1.165) is 0 Å². The Bertz CT molecular complexity index is 699.